The van der Waals surface area contributed by atoms with E-state index in [1.807, 2.05) is 20.8 Å². The Morgan fingerprint density at radius 2 is 1.91 bits per heavy atom. The van der Waals surface area contributed by atoms with Crippen LogP contribution in [-0.4, -0.2) is 22.7 Å². The number of anilines is 1. The molecule has 0 saturated heterocycles. The Kier molecular flexibility index (Phi) is 4.60. The van der Waals surface area contributed by atoms with Crippen molar-refractivity contribution >= 4 is 28.6 Å². The van der Waals surface area contributed by atoms with Crippen LogP contribution in [0.5, 0.6) is 0 Å². The maximum absolute atomic E-state index is 12.1. The second-order valence-corrected chi connectivity index (χ2v) is 6.74. The van der Waals surface area contributed by atoms with Crippen LogP contribution < -0.4 is 5.32 Å². The zero-order valence-corrected chi connectivity index (χ0v) is 13.2. The Hall–Kier alpha value is -1.83. The van der Waals surface area contributed by atoms with Crippen molar-refractivity contribution in [2.24, 2.45) is 0 Å². The lowest BCUT2D eigenvalue weighted by molar-refractivity contribution is -0.115. The summed E-state index contributed by atoms with van der Waals surface area (Å²) < 4.78 is 41.9. The van der Waals surface area contributed by atoms with E-state index in [-0.39, 0.29) is 10.5 Å². The molecule has 0 amide bonds. The second-order valence-electron chi connectivity index (χ2n) is 5.68. The van der Waals surface area contributed by atoms with Gasteiger partial charge in [0, 0.05) is 22.6 Å². The van der Waals surface area contributed by atoms with E-state index in [9.17, 15) is 13.2 Å². The van der Waals surface area contributed by atoms with Gasteiger partial charge in [-0.15, -0.1) is 0 Å². The normalized spacial score (nSPS) is 13.0. The van der Waals surface area contributed by atoms with Crippen LogP contribution in [0.2, 0.25) is 0 Å². The standard InChI is InChI=1S/C14H16F3N3OS/c1-13(2,3)10-7-18-11(21-10)5-4-9-6-19-12(22-9)20-8-14(15,16)17/h4-7H,8H2,1-3H3,(H,19,20)/b5-4+. The molecule has 0 saturated carbocycles. The minimum atomic E-state index is -4.26. The molecule has 4 nitrogen and oxygen atoms in total. The number of alkyl halides is 3. The molecular weight excluding hydrogens is 315 g/mol. The summed E-state index contributed by atoms with van der Waals surface area (Å²) in [5.74, 6) is 1.21. The van der Waals surface area contributed by atoms with Crippen molar-refractivity contribution in [2.75, 3.05) is 11.9 Å². The summed E-state index contributed by atoms with van der Waals surface area (Å²) in [6.45, 7) is 4.95. The van der Waals surface area contributed by atoms with E-state index in [0.717, 1.165) is 17.1 Å². The number of hydrogen-bond donors (Lipinski definition) is 1. The number of rotatable bonds is 4. The van der Waals surface area contributed by atoms with Crippen LogP contribution in [0.15, 0.2) is 16.8 Å². The molecule has 120 valence electrons. The highest BCUT2D eigenvalue weighted by atomic mass is 32.1. The van der Waals surface area contributed by atoms with Crippen LogP contribution in [0.1, 0.15) is 37.3 Å². The lowest BCUT2D eigenvalue weighted by atomic mass is 9.94. The van der Waals surface area contributed by atoms with Gasteiger partial charge in [0.15, 0.2) is 5.13 Å². The molecule has 2 heterocycles. The fourth-order valence-corrected chi connectivity index (χ4v) is 2.20. The molecule has 0 radical (unpaired) electrons. The Morgan fingerprint density at radius 1 is 1.18 bits per heavy atom. The topological polar surface area (TPSA) is 51.0 Å². The molecule has 0 aliphatic carbocycles. The van der Waals surface area contributed by atoms with Gasteiger partial charge in [0.05, 0.1) is 6.20 Å². The van der Waals surface area contributed by atoms with Crippen molar-refractivity contribution in [3.8, 4) is 0 Å². The smallest absolute Gasteiger partial charge is 0.405 e. The van der Waals surface area contributed by atoms with Gasteiger partial charge in [-0.05, 0) is 6.08 Å². The average molecular weight is 331 g/mol. The third-order valence-electron chi connectivity index (χ3n) is 2.62. The van der Waals surface area contributed by atoms with Crippen LogP contribution in [0.25, 0.3) is 12.2 Å². The second kappa shape index (κ2) is 6.12. The number of thiazole rings is 1. The predicted octanol–water partition coefficient (Wildman–Crippen LogP) is 4.57. The van der Waals surface area contributed by atoms with Gasteiger partial charge in [0.2, 0.25) is 5.89 Å². The number of oxazole rings is 1. The summed E-state index contributed by atoms with van der Waals surface area (Å²) >= 11 is 1.13. The molecule has 2 aromatic heterocycles. The number of hydrogen-bond acceptors (Lipinski definition) is 5. The van der Waals surface area contributed by atoms with Crippen molar-refractivity contribution in [1.82, 2.24) is 9.97 Å². The number of halogens is 3. The zero-order chi connectivity index (χ0) is 16.4. The first-order valence-electron chi connectivity index (χ1n) is 6.54. The molecule has 2 aromatic rings. The Bertz CT molecular complexity index is 653. The molecule has 0 aliphatic rings. The summed E-state index contributed by atoms with van der Waals surface area (Å²) in [7, 11) is 0. The van der Waals surface area contributed by atoms with Crippen LogP contribution in [-0.2, 0) is 5.41 Å². The van der Waals surface area contributed by atoms with E-state index in [4.69, 9.17) is 4.42 Å². The zero-order valence-electron chi connectivity index (χ0n) is 12.4. The van der Waals surface area contributed by atoms with Crippen molar-refractivity contribution in [2.45, 2.75) is 32.4 Å². The lowest BCUT2D eigenvalue weighted by Gasteiger charge is -2.12. The summed E-state index contributed by atoms with van der Waals surface area (Å²) in [6.07, 6.45) is 2.27. The minimum Gasteiger partial charge on any atom is -0.441 e. The maximum Gasteiger partial charge on any atom is 0.405 e. The quantitative estimate of drug-likeness (QED) is 0.891. The van der Waals surface area contributed by atoms with Crippen LogP contribution in [0.3, 0.4) is 0 Å². The number of aromatic nitrogens is 2. The molecule has 0 aromatic carbocycles. The highest BCUT2D eigenvalue weighted by Crippen LogP contribution is 2.25. The van der Waals surface area contributed by atoms with Crippen LogP contribution >= 0.6 is 11.3 Å². The molecule has 22 heavy (non-hydrogen) atoms. The van der Waals surface area contributed by atoms with E-state index in [1.165, 1.54) is 6.20 Å². The third kappa shape index (κ3) is 4.87. The molecule has 0 aliphatic heterocycles. The van der Waals surface area contributed by atoms with Crippen molar-refractivity contribution in [1.29, 1.82) is 0 Å². The van der Waals surface area contributed by atoms with Gasteiger partial charge in [0.25, 0.3) is 0 Å². The lowest BCUT2D eigenvalue weighted by Crippen LogP contribution is -2.21. The number of nitrogens with one attached hydrogen (secondary N) is 1. The number of nitrogens with zero attached hydrogens (tertiary/aromatic N) is 2. The van der Waals surface area contributed by atoms with E-state index in [2.05, 4.69) is 15.3 Å². The monoisotopic (exact) mass is 331 g/mol. The minimum absolute atomic E-state index is 0.127. The van der Waals surface area contributed by atoms with Gasteiger partial charge in [-0.3, -0.25) is 0 Å². The molecule has 2 rings (SSSR count). The fraction of sp³-hybridized carbons (Fsp3) is 0.429. The SMILES string of the molecule is CC(C)(C)c1cnc(/C=C/c2cnc(NCC(F)(F)F)s2)o1. The van der Waals surface area contributed by atoms with Crippen LogP contribution in [0.4, 0.5) is 18.3 Å². The van der Waals surface area contributed by atoms with Gasteiger partial charge in [-0.25, -0.2) is 9.97 Å². The molecule has 1 N–H and O–H groups in total. The fourth-order valence-electron chi connectivity index (χ4n) is 1.49. The average Bonchev–Trinajstić information content (AvgIpc) is 3.02. The summed E-state index contributed by atoms with van der Waals surface area (Å²) in [6, 6.07) is 0. The molecule has 8 heteroatoms. The van der Waals surface area contributed by atoms with E-state index in [0.29, 0.717) is 10.8 Å². The van der Waals surface area contributed by atoms with Crippen molar-refractivity contribution in [3.05, 3.63) is 28.9 Å². The van der Waals surface area contributed by atoms with Gasteiger partial charge in [0.1, 0.15) is 12.3 Å². The first kappa shape index (κ1) is 16.5. The van der Waals surface area contributed by atoms with E-state index >= 15 is 0 Å². The highest BCUT2D eigenvalue weighted by molar-refractivity contribution is 7.16. The Balaban J connectivity index is 1.99. The van der Waals surface area contributed by atoms with Gasteiger partial charge >= 0.3 is 6.18 Å². The van der Waals surface area contributed by atoms with E-state index in [1.54, 1.807) is 18.3 Å². The van der Waals surface area contributed by atoms with Crippen molar-refractivity contribution < 1.29 is 17.6 Å². The molecule has 0 unspecified atom stereocenters. The van der Waals surface area contributed by atoms with Crippen molar-refractivity contribution in [3.63, 3.8) is 0 Å². The van der Waals surface area contributed by atoms with Gasteiger partial charge in [-0.2, -0.15) is 13.2 Å². The molecule has 0 atom stereocenters. The first-order chi connectivity index (χ1) is 10.1. The third-order valence-corrected chi connectivity index (χ3v) is 3.54. The van der Waals surface area contributed by atoms with Gasteiger partial charge in [-0.1, -0.05) is 32.1 Å². The summed E-state index contributed by atoms with van der Waals surface area (Å²) in [5.41, 5.74) is -0.127. The predicted molar refractivity (Wildman–Crippen MR) is 80.8 cm³/mol. The van der Waals surface area contributed by atoms with Crippen LogP contribution in [0, 0.1) is 0 Å². The Morgan fingerprint density at radius 3 is 2.50 bits per heavy atom. The highest BCUT2D eigenvalue weighted by Gasteiger charge is 2.27. The largest absolute Gasteiger partial charge is 0.441 e. The molecule has 0 fully saturated rings. The maximum atomic E-state index is 12.1. The van der Waals surface area contributed by atoms with Gasteiger partial charge < -0.3 is 9.73 Å². The first-order valence-corrected chi connectivity index (χ1v) is 7.36. The Labute approximate surface area is 130 Å². The van der Waals surface area contributed by atoms with E-state index < -0.39 is 12.7 Å². The summed E-state index contributed by atoms with van der Waals surface area (Å²) in [4.78, 5) is 8.73. The molecular formula is C14H16F3N3OS. The molecule has 0 bridgehead atoms. The summed E-state index contributed by atoms with van der Waals surface area (Å²) in [5, 5.41) is 2.46. The molecule has 0 spiro atoms.